The first kappa shape index (κ1) is 13.4. The van der Waals surface area contributed by atoms with Crippen LogP contribution in [0.1, 0.15) is 46.0 Å². The molecule has 0 spiro atoms. The zero-order chi connectivity index (χ0) is 11.1. The molecule has 1 nitrogen and oxygen atoms in total. The summed E-state index contributed by atoms with van der Waals surface area (Å²) in [6.45, 7) is 7.16. The van der Waals surface area contributed by atoms with Gasteiger partial charge in [0.05, 0.1) is 0 Å². The molecular weight excluding hydrogens is 202 g/mol. The van der Waals surface area contributed by atoms with Gasteiger partial charge >= 0.3 is 0 Å². The lowest BCUT2D eigenvalue weighted by Gasteiger charge is -2.31. The molecule has 0 aromatic heterocycles. The second kappa shape index (κ2) is 6.80. The highest BCUT2D eigenvalue weighted by molar-refractivity contribution is 7.98. The van der Waals surface area contributed by atoms with Gasteiger partial charge in [0.1, 0.15) is 0 Å². The second-order valence-electron chi connectivity index (χ2n) is 5.47. The Bertz CT molecular complexity index is 162. The molecule has 0 heterocycles. The highest BCUT2D eigenvalue weighted by atomic mass is 32.2. The largest absolute Gasteiger partial charge is 0.315 e. The number of hydrogen-bond acceptors (Lipinski definition) is 2. The molecule has 0 amide bonds. The summed E-state index contributed by atoms with van der Waals surface area (Å²) in [5, 5.41) is 3.65. The van der Waals surface area contributed by atoms with Crippen LogP contribution in [0.2, 0.25) is 0 Å². The molecule has 0 atom stereocenters. The van der Waals surface area contributed by atoms with Crippen molar-refractivity contribution in [3.63, 3.8) is 0 Å². The van der Waals surface area contributed by atoms with Gasteiger partial charge in [0.15, 0.2) is 0 Å². The molecule has 0 saturated heterocycles. The standard InChI is InChI=1S/C13H27NS/c1-12(2)10-13(6-4-5-7-13)11-14-8-9-15-3/h12,14H,4-11H2,1-3H3. The predicted octanol–water partition coefficient (Wildman–Crippen LogP) is 3.55. The molecule has 15 heavy (non-hydrogen) atoms. The molecule has 1 saturated carbocycles. The average Bonchev–Trinajstić information content (AvgIpc) is 2.61. The first-order valence-corrected chi connectivity index (χ1v) is 7.78. The Morgan fingerprint density at radius 2 is 1.93 bits per heavy atom. The molecule has 1 rings (SSSR count). The van der Waals surface area contributed by atoms with E-state index in [9.17, 15) is 0 Å². The van der Waals surface area contributed by atoms with E-state index in [0.717, 1.165) is 5.92 Å². The molecule has 90 valence electrons. The van der Waals surface area contributed by atoms with Crippen molar-refractivity contribution in [3.8, 4) is 0 Å². The van der Waals surface area contributed by atoms with Crippen molar-refractivity contribution in [1.29, 1.82) is 0 Å². The molecule has 0 aromatic rings. The Labute approximate surface area is 99.8 Å². The van der Waals surface area contributed by atoms with E-state index < -0.39 is 0 Å². The maximum atomic E-state index is 3.65. The molecule has 1 aliphatic rings. The van der Waals surface area contributed by atoms with Crippen molar-refractivity contribution in [2.24, 2.45) is 11.3 Å². The maximum Gasteiger partial charge on any atom is 0.00553 e. The summed E-state index contributed by atoms with van der Waals surface area (Å²) in [5.74, 6) is 2.10. The van der Waals surface area contributed by atoms with Crippen LogP contribution < -0.4 is 5.32 Å². The van der Waals surface area contributed by atoms with Crippen molar-refractivity contribution in [3.05, 3.63) is 0 Å². The van der Waals surface area contributed by atoms with E-state index in [1.165, 1.54) is 50.9 Å². The third kappa shape index (κ3) is 4.78. The zero-order valence-corrected chi connectivity index (χ0v) is 11.5. The van der Waals surface area contributed by atoms with Crippen LogP contribution in [0, 0.1) is 11.3 Å². The highest BCUT2D eigenvalue weighted by Crippen LogP contribution is 2.42. The fraction of sp³-hybridized carbons (Fsp3) is 1.00. The normalized spacial score (nSPS) is 20.0. The third-order valence-corrected chi connectivity index (χ3v) is 4.10. The minimum atomic E-state index is 0.645. The quantitative estimate of drug-likeness (QED) is 0.670. The first-order valence-electron chi connectivity index (χ1n) is 6.38. The Balaban J connectivity index is 2.29. The van der Waals surface area contributed by atoms with E-state index in [2.05, 4.69) is 25.4 Å². The van der Waals surface area contributed by atoms with Crippen LogP contribution in [0.25, 0.3) is 0 Å². The van der Waals surface area contributed by atoms with Crippen molar-refractivity contribution in [2.75, 3.05) is 25.1 Å². The smallest absolute Gasteiger partial charge is 0.00553 e. The second-order valence-corrected chi connectivity index (χ2v) is 6.46. The Morgan fingerprint density at radius 3 is 2.47 bits per heavy atom. The van der Waals surface area contributed by atoms with Crippen LogP contribution in [0.15, 0.2) is 0 Å². The van der Waals surface area contributed by atoms with Gasteiger partial charge in [-0.25, -0.2) is 0 Å². The summed E-state index contributed by atoms with van der Waals surface area (Å²) in [6.07, 6.45) is 9.42. The molecular formula is C13H27NS. The minimum Gasteiger partial charge on any atom is -0.315 e. The van der Waals surface area contributed by atoms with E-state index in [-0.39, 0.29) is 0 Å². The number of hydrogen-bond donors (Lipinski definition) is 1. The Morgan fingerprint density at radius 1 is 1.27 bits per heavy atom. The van der Waals surface area contributed by atoms with Crippen LogP contribution in [-0.4, -0.2) is 25.1 Å². The van der Waals surface area contributed by atoms with E-state index in [4.69, 9.17) is 0 Å². The van der Waals surface area contributed by atoms with Gasteiger partial charge in [0, 0.05) is 18.8 Å². The summed E-state index contributed by atoms with van der Waals surface area (Å²) in [5.41, 5.74) is 0.645. The molecule has 1 N–H and O–H groups in total. The van der Waals surface area contributed by atoms with E-state index in [0.29, 0.717) is 5.41 Å². The number of thioether (sulfide) groups is 1. The number of rotatable bonds is 7. The number of nitrogens with one attached hydrogen (secondary N) is 1. The van der Waals surface area contributed by atoms with Crippen LogP contribution in [0.4, 0.5) is 0 Å². The van der Waals surface area contributed by atoms with Gasteiger partial charge in [-0.05, 0) is 36.9 Å². The highest BCUT2D eigenvalue weighted by Gasteiger charge is 2.33. The summed E-state index contributed by atoms with van der Waals surface area (Å²) < 4.78 is 0. The lowest BCUT2D eigenvalue weighted by molar-refractivity contribution is 0.226. The molecule has 1 aliphatic carbocycles. The van der Waals surface area contributed by atoms with E-state index in [1.807, 2.05) is 11.8 Å². The summed E-state index contributed by atoms with van der Waals surface area (Å²) in [7, 11) is 0. The Hall–Kier alpha value is 0.310. The monoisotopic (exact) mass is 229 g/mol. The van der Waals surface area contributed by atoms with Gasteiger partial charge in [0.2, 0.25) is 0 Å². The first-order chi connectivity index (χ1) is 7.18. The molecule has 0 bridgehead atoms. The maximum absolute atomic E-state index is 3.65. The van der Waals surface area contributed by atoms with E-state index >= 15 is 0 Å². The molecule has 2 heteroatoms. The van der Waals surface area contributed by atoms with Gasteiger partial charge in [-0.3, -0.25) is 0 Å². The van der Waals surface area contributed by atoms with Gasteiger partial charge in [0.25, 0.3) is 0 Å². The molecule has 0 unspecified atom stereocenters. The lowest BCUT2D eigenvalue weighted by atomic mass is 9.78. The van der Waals surface area contributed by atoms with Crippen molar-refractivity contribution in [1.82, 2.24) is 5.32 Å². The van der Waals surface area contributed by atoms with Gasteiger partial charge < -0.3 is 5.32 Å². The molecule has 1 fully saturated rings. The van der Waals surface area contributed by atoms with Crippen molar-refractivity contribution >= 4 is 11.8 Å². The average molecular weight is 229 g/mol. The minimum absolute atomic E-state index is 0.645. The topological polar surface area (TPSA) is 12.0 Å². The van der Waals surface area contributed by atoms with Crippen LogP contribution in [0.3, 0.4) is 0 Å². The van der Waals surface area contributed by atoms with Gasteiger partial charge in [-0.1, -0.05) is 26.7 Å². The van der Waals surface area contributed by atoms with Crippen LogP contribution in [-0.2, 0) is 0 Å². The summed E-state index contributed by atoms with van der Waals surface area (Å²) in [6, 6.07) is 0. The van der Waals surface area contributed by atoms with Gasteiger partial charge in [-0.2, -0.15) is 11.8 Å². The predicted molar refractivity (Wildman–Crippen MR) is 71.6 cm³/mol. The van der Waals surface area contributed by atoms with Crippen LogP contribution >= 0.6 is 11.8 Å². The SMILES string of the molecule is CSCCNCC1(CC(C)C)CCCC1. The van der Waals surface area contributed by atoms with Crippen LogP contribution in [0.5, 0.6) is 0 Å². The molecule has 0 aliphatic heterocycles. The summed E-state index contributed by atoms with van der Waals surface area (Å²) >= 11 is 1.93. The lowest BCUT2D eigenvalue weighted by Crippen LogP contribution is -2.34. The zero-order valence-electron chi connectivity index (χ0n) is 10.6. The molecule has 0 aromatic carbocycles. The third-order valence-electron chi connectivity index (χ3n) is 3.49. The fourth-order valence-electron chi connectivity index (χ4n) is 2.97. The Kier molecular flexibility index (Phi) is 6.06. The summed E-state index contributed by atoms with van der Waals surface area (Å²) in [4.78, 5) is 0. The fourth-order valence-corrected chi connectivity index (χ4v) is 3.32. The van der Waals surface area contributed by atoms with Gasteiger partial charge in [-0.15, -0.1) is 0 Å². The van der Waals surface area contributed by atoms with Crippen molar-refractivity contribution in [2.45, 2.75) is 46.0 Å². The van der Waals surface area contributed by atoms with E-state index in [1.54, 1.807) is 0 Å². The molecule has 0 radical (unpaired) electrons. The van der Waals surface area contributed by atoms with Crippen molar-refractivity contribution < 1.29 is 0 Å².